The van der Waals surface area contributed by atoms with Crippen molar-refractivity contribution in [2.75, 3.05) is 19.7 Å². The molecule has 1 spiro atoms. The molecule has 2 heterocycles. The van der Waals surface area contributed by atoms with Gasteiger partial charge in [-0.05, 0) is 38.8 Å². The normalized spacial score (nSPS) is 35.2. The van der Waals surface area contributed by atoms with E-state index >= 15 is 0 Å². The number of aliphatic hydroxyl groups is 1. The minimum atomic E-state index is -0.228. The van der Waals surface area contributed by atoms with Crippen molar-refractivity contribution in [3.05, 3.63) is 0 Å². The quantitative estimate of drug-likeness (QED) is 0.550. The van der Waals surface area contributed by atoms with Gasteiger partial charge in [0.1, 0.15) is 0 Å². The largest absolute Gasteiger partial charge is 0.390 e. The van der Waals surface area contributed by atoms with Crippen molar-refractivity contribution in [3.63, 3.8) is 0 Å². The highest BCUT2D eigenvalue weighted by atomic mass is 16.5. The third kappa shape index (κ3) is 1.37. The van der Waals surface area contributed by atoms with E-state index in [1.165, 1.54) is 0 Å². The molecule has 0 amide bonds. The zero-order valence-electron chi connectivity index (χ0n) is 7.38. The van der Waals surface area contributed by atoms with Crippen LogP contribution in [0.1, 0.15) is 25.7 Å². The van der Waals surface area contributed by atoms with Gasteiger partial charge in [0, 0.05) is 6.61 Å². The summed E-state index contributed by atoms with van der Waals surface area (Å²) in [7, 11) is 0. The maximum absolute atomic E-state index is 9.83. The van der Waals surface area contributed by atoms with Crippen molar-refractivity contribution >= 4 is 0 Å². The van der Waals surface area contributed by atoms with Gasteiger partial charge < -0.3 is 15.2 Å². The molecule has 1 atom stereocenters. The molecule has 3 heteroatoms. The first-order valence-electron chi connectivity index (χ1n) is 4.86. The second-order valence-electron chi connectivity index (χ2n) is 3.82. The van der Waals surface area contributed by atoms with E-state index in [0.717, 1.165) is 45.4 Å². The van der Waals surface area contributed by atoms with Crippen molar-refractivity contribution < 1.29 is 9.84 Å². The lowest BCUT2D eigenvalue weighted by atomic mass is 9.83. The molecule has 2 rings (SSSR count). The predicted molar refractivity (Wildman–Crippen MR) is 46.0 cm³/mol. The third-order valence-electron chi connectivity index (χ3n) is 3.07. The lowest BCUT2D eigenvalue weighted by molar-refractivity contribution is -0.166. The van der Waals surface area contributed by atoms with Gasteiger partial charge in [-0.3, -0.25) is 0 Å². The Labute approximate surface area is 73.1 Å². The molecule has 2 N–H and O–H groups in total. The van der Waals surface area contributed by atoms with Crippen LogP contribution >= 0.6 is 0 Å². The monoisotopic (exact) mass is 171 g/mol. The summed E-state index contributed by atoms with van der Waals surface area (Å²) in [6.07, 6.45) is 3.63. The summed E-state index contributed by atoms with van der Waals surface area (Å²) >= 11 is 0. The number of nitrogens with one attached hydrogen (secondary N) is 1. The third-order valence-corrected chi connectivity index (χ3v) is 3.07. The van der Waals surface area contributed by atoms with E-state index in [-0.39, 0.29) is 11.7 Å². The average Bonchev–Trinajstić information content (AvgIpc) is 2.12. The Kier molecular flexibility index (Phi) is 2.35. The van der Waals surface area contributed by atoms with Crippen LogP contribution < -0.4 is 5.32 Å². The van der Waals surface area contributed by atoms with Crippen molar-refractivity contribution in [3.8, 4) is 0 Å². The van der Waals surface area contributed by atoms with Gasteiger partial charge in [-0.1, -0.05) is 0 Å². The standard InChI is InChI=1S/C9H17NO2/c11-8-2-1-7-12-9(8)3-5-10-6-4-9/h8,10-11H,1-7H2/t8-/m0/s1. The molecule has 0 aliphatic carbocycles. The lowest BCUT2D eigenvalue weighted by Gasteiger charge is -2.44. The van der Waals surface area contributed by atoms with Crippen molar-refractivity contribution in [1.29, 1.82) is 0 Å². The maximum atomic E-state index is 9.83. The van der Waals surface area contributed by atoms with Gasteiger partial charge in [-0.15, -0.1) is 0 Å². The van der Waals surface area contributed by atoms with Crippen molar-refractivity contribution in [2.24, 2.45) is 0 Å². The van der Waals surface area contributed by atoms with Crippen LogP contribution in [-0.2, 0) is 4.74 Å². The van der Waals surface area contributed by atoms with Gasteiger partial charge in [-0.25, -0.2) is 0 Å². The fraction of sp³-hybridized carbons (Fsp3) is 1.00. The van der Waals surface area contributed by atoms with Crippen molar-refractivity contribution in [1.82, 2.24) is 5.32 Å². The number of rotatable bonds is 0. The van der Waals surface area contributed by atoms with Gasteiger partial charge in [0.25, 0.3) is 0 Å². The first-order chi connectivity index (χ1) is 5.83. The molecule has 70 valence electrons. The van der Waals surface area contributed by atoms with Crippen molar-refractivity contribution in [2.45, 2.75) is 37.4 Å². The van der Waals surface area contributed by atoms with E-state index in [4.69, 9.17) is 4.74 Å². The Morgan fingerprint density at radius 2 is 2.08 bits per heavy atom. The number of hydrogen-bond donors (Lipinski definition) is 2. The molecular weight excluding hydrogens is 154 g/mol. The number of aliphatic hydroxyl groups excluding tert-OH is 1. The first-order valence-corrected chi connectivity index (χ1v) is 4.86. The topological polar surface area (TPSA) is 41.5 Å². The molecule has 2 saturated heterocycles. The smallest absolute Gasteiger partial charge is 0.0964 e. The molecule has 2 fully saturated rings. The van der Waals surface area contributed by atoms with E-state index in [1.54, 1.807) is 0 Å². The SMILES string of the molecule is O[C@H]1CCCOC12CCNCC2. The highest BCUT2D eigenvalue weighted by Gasteiger charge is 2.41. The summed E-state index contributed by atoms with van der Waals surface area (Å²) in [5, 5.41) is 13.1. The Morgan fingerprint density at radius 1 is 1.33 bits per heavy atom. The summed E-state index contributed by atoms with van der Waals surface area (Å²) in [6, 6.07) is 0. The van der Waals surface area contributed by atoms with E-state index in [0.29, 0.717) is 0 Å². The van der Waals surface area contributed by atoms with Crippen LogP contribution in [-0.4, -0.2) is 36.5 Å². The summed E-state index contributed by atoms with van der Waals surface area (Å²) in [4.78, 5) is 0. The minimum absolute atomic E-state index is 0.191. The van der Waals surface area contributed by atoms with Gasteiger partial charge in [-0.2, -0.15) is 0 Å². The molecule has 2 aliphatic heterocycles. The lowest BCUT2D eigenvalue weighted by Crippen LogP contribution is -2.54. The van der Waals surface area contributed by atoms with Crippen LogP contribution in [0.3, 0.4) is 0 Å². The van der Waals surface area contributed by atoms with E-state index in [2.05, 4.69) is 5.32 Å². The van der Waals surface area contributed by atoms with Gasteiger partial charge in [0.15, 0.2) is 0 Å². The molecule has 0 bridgehead atoms. The fourth-order valence-corrected chi connectivity index (χ4v) is 2.24. The average molecular weight is 171 g/mol. The predicted octanol–water partition coefficient (Wildman–Crippen LogP) is 0.280. The van der Waals surface area contributed by atoms with Crippen LogP contribution in [0.15, 0.2) is 0 Å². The highest BCUT2D eigenvalue weighted by molar-refractivity contribution is 4.94. The van der Waals surface area contributed by atoms with E-state index < -0.39 is 0 Å². The molecule has 0 radical (unpaired) electrons. The summed E-state index contributed by atoms with van der Waals surface area (Å²) < 4.78 is 5.73. The fourth-order valence-electron chi connectivity index (χ4n) is 2.24. The first kappa shape index (κ1) is 8.48. The zero-order valence-corrected chi connectivity index (χ0v) is 7.38. The number of ether oxygens (including phenoxy) is 1. The van der Waals surface area contributed by atoms with Crippen LogP contribution in [0.5, 0.6) is 0 Å². The maximum Gasteiger partial charge on any atom is 0.0964 e. The second-order valence-corrected chi connectivity index (χ2v) is 3.82. The van der Waals surface area contributed by atoms with Crippen LogP contribution in [0.4, 0.5) is 0 Å². The van der Waals surface area contributed by atoms with E-state index in [1.807, 2.05) is 0 Å². The second kappa shape index (κ2) is 3.32. The Morgan fingerprint density at radius 3 is 2.75 bits per heavy atom. The van der Waals surface area contributed by atoms with Crippen LogP contribution in [0.25, 0.3) is 0 Å². The van der Waals surface area contributed by atoms with Crippen LogP contribution in [0.2, 0.25) is 0 Å². The van der Waals surface area contributed by atoms with Crippen LogP contribution in [0, 0.1) is 0 Å². The molecule has 0 aromatic carbocycles. The summed E-state index contributed by atoms with van der Waals surface area (Å²) in [5.41, 5.74) is -0.191. The molecule has 3 nitrogen and oxygen atoms in total. The number of hydrogen-bond acceptors (Lipinski definition) is 3. The van der Waals surface area contributed by atoms with Gasteiger partial charge in [0.2, 0.25) is 0 Å². The summed E-state index contributed by atoms with van der Waals surface area (Å²) in [6.45, 7) is 2.80. The molecule has 0 saturated carbocycles. The minimum Gasteiger partial charge on any atom is -0.390 e. The van der Waals surface area contributed by atoms with Gasteiger partial charge in [0.05, 0.1) is 11.7 Å². The highest BCUT2D eigenvalue weighted by Crippen LogP contribution is 2.32. The molecule has 0 unspecified atom stereocenters. The Bertz CT molecular complexity index is 146. The molecule has 0 aromatic rings. The molecule has 0 aromatic heterocycles. The molecule has 2 aliphatic rings. The zero-order chi connectivity index (χ0) is 8.44. The summed E-state index contributed by atoms with van der Waals surface area (Å²) in [5.74, 6) is 0. The molecular formula is C9H17NO2. The Balaban J connectivity index is 2.04. The van der Waals surface area contributed by atoms with E-state index in [9.17, 15) is 5.11 Å². The Hall–Kier alpha value is -0.120. The van der Waals surface area contributed by atoms with Gasteiger partial charge >= 0.3 is 0 Å². The molecule has 12 heavy (non-hydrogen) atoms. The number of piperidine rings is 1.